The number of phenols is 1. The summed E-state index contributed by atoms with van der Waals surface area (Å²) in [6, 6.07) is 12.1. The second-order valence-electron chi connectivity index (χ2n) is 7.05. The number of halogens is 1. The van der Waals surface area contributed by atoms with Crippen LogP contribution < -0.4 is 4.90 Å². The van der Waals surface area contributed by atoms with Crippen LogP contribution >= 0.6 is 22.9 Å². The molecule has 1 aliphatic rings. The van der Waals surface area contributed by atoms with Crippen molar-refractivity contribution in [2.45, 2.75) is 26.4 Å². The molecular formula is C20H22ClN3OS. The van der Waals surface area contributed by atoms with Gasteiger partial charge in [-0.2, -0.15) is 0 Å². The van der Waals surface area contributed by atoms with Crippen LogP contribution in [0.5, 0.6) is 5.75 Å². The van der Waals surface area contributed by atoms with Gasteiger partial charge in [-0.1, -0.05) is 29.0 Å². The van der Waals surface area contributed by atoms with Crippen LogP contribution in [0.15, 0.2) is 36.4 Å². The molecule has 6 heteroatoms. The minimum absolute atomic E-state index is 0.347. The van der Waals surface area contributed by atoms with Crippen LogP contribution in [0.25, 0.3) is 10.2 Å². The standard InChI is InChI=1S/C20H22ClN3OS/c1-13-7-15(9-17(25)8-13)12-23-5-6-24(11-14(23)2)20-22-18-4-3-16(21)10-19(18)26-20/h3-4,7-10,14,25H,5-6,11-12H2,1-2H3/t14-/m0/s1. The molecule has 0 aliphatic carbocycles. The monoisotopic (exact) mass is 387 g/mol. The lowest BCUT2D eigenvalue weighted by atomic mass is 10.1. The molecule has 4 rings (SSSR count). The first-order valence-electron chi connectivity index (χ1n) is 8.82. The predicted molar refractivity (Wildman–Crippen MR) is 110 cm³/mol. The predicted octanol–water partition coefficient (Wildman–Crippen LogP) is 4.67. The van der Waals surface area contributed by atoms with Crippen molar-refractivity contribution in [1.29, 1.82) is 0 Å². The highest BCUT2D eigenvalue weighted by molar-refractivity contribution is 7.22. The number of phenolic OH excluding ortho intramolecular Hbond substituents is 1. The van der Waals surface area contributed by atoms with Crippen LogP contribution in [0.1, 0.15) is 18.1 Å². The summed E-state index contributed by atoms with van der Waals surface area (Å²) in [7, 11) is 0. The smallest absolute Gasteiger partial charge is 0.186 e. The highest BCUT2D eigenvalue weighted by atomic mass is 35.5. The van der Waals surface area contributed by atoms with E-state index in [-0.39, 0.29) is 0 Å². The van der Waals surface area contributed by atoms with E-state index in [0.29, 0.717) is 11.8 Å². The number of benzene rings is 2. The maximum absolute atomic E-state index is 9.83. The van der Waals surface area contributed by atoms with E-state index in [0.717, 1.165) is 57.7 Å². The molecule has 1 N–H and O–H groups in total. The van der Waals surface area contributed by atoms with Crippen LogP contribution in [0.3, 0.4) is 0 Å². The average molecular weight is 388 g/mol. The topological polar surface area (TPSA) is 39.6 Å². The largest absolute Gasteiger partial charge is 0.508 e. The number of aromatic hydroxyl groups is 1. The van der Waals surface area contributed by atoms with E-state index >= 15 is 0 Å². The van der Waals surface area contributed by atoms with Gasteiger partial charge in [0.1, 0.15) is 5.75 Å². The average Bonchev–Trinajstić information content (AvgIpc) is 2.99. The Kier molecular flexibility index (Phi) is 4.78. The van der Waals surface area contributed by atoms with Gasteiger partial charge in [-0.25, -0.2) is 4.98 Å². The Bertz CT molecular complexity index is 922. The van der Waals surface area contributed by atoms with Crippen molar-refractivity contribution in [3.05, 3.63) is 52.5 Å². The summed E-state index contributed by atoms with van der Waals surface area (Å²) in [5, 5.41) is 11.7. The lowest BCUT2D eigenvalue weighted by Gasteiger charge is -2.39. The number of hydrogen-bond acceptors (Lipinski definition) is 5. The van der Waals surface area contributed by atoms with Crippen molar-refractivity contribution >= 4 is 38.3 Å². The van der Waals surface area contributed by atoms with Gasteiger partial charge in [-0.3, -0.25) is 4.90 Å². The zero-order chi connectivity index (χ0) is 18.3. The van der Waals surface area contributed by atoms with Crippen molar-refractivity contribution < 1.29 is 5.11 Å². The van der Waals surface area contributed by atoms with Gasteiger partial charge in [0.15, 0.2) is 5.13 Å². The first-order valence-corrected chi connectivity index (χ1v) is 10.0. The number of fused-ring (bicyclic) bond motifs is 1. The van der Waals surface area contributed by atoms with Crippen molar-refractivity contribution in [2.24, 2.45) is 0 Å². The molecule has 4 nitrogen and oxygen atoms in total. The normalized spacial score (nSPS) is 18.6. The van der Waals surface area contributed by atoms with E-state index in [1.165, 1.54) is 0 Å². The number of aromatic nitrogens is 1. The summed E-state index contributed by atoms with van der Waals surface area (Å²) in [4.78, 5) is 9.61. The molecule has 1 aromatic heterocycles. The lowest BCUT2D eigenvalue weighted by Crippen LogP contribution is -2.51. The Morgan fingerprint density at radius 1 is 1.23 bits per heavy atom. The minimum Gasteiger partial charge on any atom is -0.508 e. The first-order chi connectivity index (χ1) is 12.5. The van der Waals surface area contributed by atoms with Crippen molar-refractivity contribution in [2.75, 3.05) is 24.5 Å². The van der Waals surface area contributed by atoms with Gasteiger partial charge >= 0.3 is 0 Å². The number of thiazole rings is 1. The molecule has 136 valence electrons. The van der Waals surface area contributed by atoms with Gasteiger partial charge in [0, 0.05) is 37.2 Å². The summed E-state index contributed by atoms with van der Waals surface area (Å²) in [5.74, 6) is 0.347. The van der Waals surface area contributed by atoms with E-state index in [9.17, 15) is 5.11 Å². The summed E-state index contributed by atoms with van der Waals surface area (Å²) in [6.45, 7) is 8.02. The zero-order valence-electron chi connectivity index (χ0n) is 14.9. The first kappa shape index (κ1) is 17.6. The van der Waals surface area contributed by atoms with E-state index < -0.39 is 0 Å². The van der Waals surface area contributed by atoms with Gasteiger partial charge < -0.3 is 10.0 Å². The van der Waals surface area contributed by atoms with E-state index in [1.807, 2.05) is 31.2 Å². The zero-order valence-corrected chi connectivity index (χ0v) is 16.5. The van der Waals surface area contributed by atoms with Gasteiger partial charge in [0.2, 0.25) is 0 Å². The van der Waals surface area contributed by atoms with Crippen LogP contribution in [0.2, 0.25) is 5.02 Å². The van der Waals surface area contributed by atoms with Crippen LogP contribution in [-0.4, -0.2) is 40.7 Å². The fraction of sp³-hybridized carbons (Fsp3) is 0.350. The van der Waals surface area contributed by atoms with Gasteiger partial charge in [-0.15, -0.1) is 0 Å². The fourth-order valence-electron chi connectivity index (χ4n) is 3.59. The number of hydrogen-bond donors (Lipinski definition) is 1. The summed E-state index contributed by atoms with van der Waals surface area (Å²) in [6.07, 6.45) is 0. The van der Waals surface area contributed by atoms with Gasteiger partial charge in [0.05, 0.1) is 10.2 Å². The maximum atomic E-state index is 9.83. The van der Waals surface area contributed by atoms with Crippen LogP contribution in [0, 0.1) is 6.92 Å². The number of rotatable bonds is 3. The van der Waals surface area contributed by atoms with E-state index in [4.69, 9.17) is 16.6 Å². The third kappa shape index (κ3) is 3.65. The molecule has 0 saturated carbocycles. The molecule has 0 bridgehead atoms. The molecule has 1 fully saturated rings. The number of piperazine rings is 1. The number of nitrogens with zero attached hydrogens (tertiary/aromatic N) is 3. The molecule has 0 spiro atoms. The van der Waals surface area contributed by atoms with E-state index in [1.54, 1.807) is 17.4 Å². The molecule has 2 heterocycles. The SMILES string of the molecule is Cc1cc(O)cc(CN2CCN(c3nc4ccc(Cl)cc4s3)C[C@@H]2C)c1. The van der Waals surface area contributed by atoms with E-state index in [2.05, 4.69) is 22.8 Å². The van der Waals surface area contributed by atoms with Crippen molar-refractivity contribution in [3.63, 3.8) is 0 Å². The third-order valence-electron chi connectivity index (χ3n) is 4.88. The highest BCUT2D eigenvalue weighted by Gasteiger charge is 2.25. The van der Waals surface area contributed by atoms with Crippen molar-refractivity contribution in [1.82, 2.24) is 9.88 Å². The number of anilines is 1. The second kappa shape index (κ2) is 7.06. The maximum Gasteiger partial charge on any atom is 0.186 e. The molecule has 1 saturated heterocycles. The Morgan fingerprint density at radius 3 is 2.85 bits per heavy atom. The molecular weight excluding hydrogens is 366 g/mol. The summed E-state index contributed by atoms with van der Waals surface area (Å²) in [5.41, 5.74) is 3.27. The lowest BCUT2D eigenvalue weighted by molar-refractivity contribution is 0.181. The van der Waals surface area contributed by atoms with Gasteiger partial charge in [0.25, 0.3) is 0 Å². The quantitative estimate of drug-likeness (QED) is 0.708. The Balaban J connectivity index is 1.47. The Morgan fingerprint density at radius 2 is 2.08 bits per heavy atom. The number of aryl methyl sites for hydroxylation is 1. The second-order valence-corrected chi connectivity index (χ2v) is 8.50. The minimum atomic E-state index is 0.347. The molecule has 0 radical (unpaired) electrons. The Hall–Kier alpha value is -1.82. The fourth-order valence-corrected chi connectivity index (χ4v) is 4.87. The summed E-state index contributed by atoms with van der Waals surface area (Å²) < 4.78 is 1.14. The molecule has 2 aromatic carbocycles. The molecule has 26 heavy (non-hydrogen) atoms. The van der Waals surface area contributed by atoms with Crippen LogP contribution in [-0.2, 0) is 6.54 Å². The van der Waals surface area contributed by atoms with Gasteiger partial charge in [-0.05, 0) is 55.3 Å². The van der Waals surface area contributed by atoms with Crippen molar-refractivity contribution in [3.8, 4) is 5.75 Å². The molecule has 0 unspecified atom stereocenters. The molecule has 3 aromatic rings. The molecule has 0 amide bonds. The molecule has 1 atom stereocenters. The third-order valence-corrected chi connectivity index (χ3v) is 6.20. The highest BCUT2D eigenvalue weighted by Crippen LogP contribution is 2.32. The molecule has 1 aliphatic heterocycles. The Labute approximate surface area is 162 Å². The van der Waals surface area contributed by atoms with Crippen LogP contribution in [0.4, 0.5) is 5.13 Å². The summed E-state index contributed by atoms with van der Waals surface area (Å²) >= 11 is 7.80.